The van der Waals surface area contributed by atoms with Gasteiger partial charge in [0.1, 0.15) is 5.54 Å². The number of rotatable bonds is 7. The van der Waals surface area contributed by atoms with Gasteiger partial charge in [-0.1, -0.05) is 103 Å². The molecule has 1 N–H and O–H groups in total. The Balaban J connectivity index is 1.66. The van der Waals surface area contributed by atoms with Crippen LogP contribution in [-0.2, 0) is 14.8 Å². The largest absolute Gasteiger partial charge is 0.498 e. The van der Waals surface area contributed by atoms with E-state index in [0.29, 0.717) is 5.69 Å². The van der Waals surface area contributed by atoms with Gasteiger partial charge in [-0.05, 0) is 56.5 Å². The molecule has 0 atom stereocenters. The Hall–Kier alpha value is -4.46. The van der Waals surface area contributed by atoms with Crippen LogP contribution in [0, 0.1) is 0 Å². The fourth-order valence-corrected chi connectivity index (χ4v) is 5.63. The predicted octanol–water partition coefficient (Wildman–Crippen LogP) is 6.39. The summed E-state index contributed by atoms with van der Waals surface area (Å²) in [6.07, 6.45) is 2.02. The highest BCUT2D eigenvalue weighted by Crippen LogP contribution is 2.42. The highest BCUT2D eigenvalue weighted by molar-refractivity contribution is 6.63. The summed E-state index contributed by atoms with van der Waals surface area (Å²) < 4.78 is 15.1. The first-order valence-electron chi connectivity index (χ1n) is 14.1. The molecule has 1 aliphatic heterocycles. The Morgan fingerprint density at radius 3 is 1.55 bits per heavy atom. The molecule has 7 heteroatoms. The van der Waals surface area contributed by atoms with E-state index in [9.17, 15) is 9.90 Å². The third kappa shape index (κ3) is 4.55. The van der Waals surface area contributed by atoms with Crippen molar-refractivity contribution in [1.82, 2.24) is 9.78 Å². The lowest BCUT2D eigenvalue weighted by molar-refractivity contribution is 0.00578. The zero-order chi connectivity index (χ0) is 29.5. The van der Waals surface area contributed by atoms with Gasteiger partial charge >= 0.3 is 13.1 Å². The normalized spacial score (nSPS) is 16.0. The second-order valence-electron chi connectivity index (χ2n) is 11.7. The Kier molecular flexibility index (Phi) is 6.88. The number of benzene rings is 4. The number of aromatic carboxylic acids is 1. The molecule has 0 unspecified atom stereocenters. The van der Waals surface area contributed by atoms with Crippen molar-refractivity contribution in [3.8, 4) is 11.3 Å². The van der Waals surface area contributed by atoms with Crippen LogP contribution in [0.2, 0.25) is 0 Å². The molecule has 6 nitrogen and oxygen atoms in total. The molecule has 0 amide bonds. The van der Waals surface area contributed by atoms with Gasteiger partial charge in [0.25, 0.3) is 0 Å². The van der Waals surface area contributed by atoms with Crippen molar-refractivity contribution in [2.45, 2.75) is 44.4 Å². The highest BCUT2D eigenvalue weighted by Gasteiger charge is 2.53. The van der Waals surface area contributed by atoms with Gasteiger partial charge in [0.2, 0.25) is 0 Å². The topological polar surface area (TPSA) is 73.6 Å². The van der Waals surface area contributed by atoms with Crippen molar-refractivity contribution in [2.24, 2.45) is 0 Å². The Morgan fingerprint density at radius 1 is 0.714 bits per heavy atom. The van der Waals surface area contributed by atoms with Crippen molar-refractivity contribution in [2.75, 3.05) is 0 Å². The maximum absolute atomic E-state index is 11.6. The third-order valence-electron chi connectivity index (χ3n) is 8.57. The van der Waals surface area contributed by atoms with Crippen LogP contribution in [0.3, 0.4) is 0 Å². The number of hydrogen-bond acceptors (Lipinski definition) is 4. The lowest BCUT2D eigenvalue weighted by Gasteiger charge is -2.36. The summed E-state index contributed by atoms with van der Waals surface area (Å²) in [6.45, 7) is 8.11. The van der Waals surface area contributed by atoms with Crippen LogP contribution in [0.1, 0.15) is 54.7 Å². The average Bonchev–Trinajstić information content (AvgIpc) is 3.53. The Bertz CT molecular complexity index is 1590. The Morgan fingerprint density at radius 2 is 1.14 bits per heavy atom. The fraction of sp³-hybridized carbons (Fsp3) is 0.200. The minimum absolute atomic E-state index is 0.211. The number of nitrogens with zero attached hydrogens (tertiary/aromatic N) is 2. The maximum Gasteiger partial charge on any atom is 0.498 e. The molecule has 0 saturated carbocycles. The van der Waals surface area contributed by atoms with Crippen LogP contribution in [0.5, 0.6) is 0 Å². The van der Waals surface area contributed by atoms with Crippen LogP contribution in [0.15, 0.2) is 121 Å². The van der Waals surface area contributed by atoms with Gasteiger partial charge in [0.05, 0.1) is 22.5 Å². The molecule has 0 radical (unpaired) electrons. The van der Waals surface area contributed by atoms with Crippen molar-refractivity contribution in [3.05, 3.63) is 144 Å². The van der Waals surface area contributed by atoms with E-state index in [1.165, 1.54) is 0 Å². The van der Waals surface area contributed by atoms with Crippen molar-refractivity contribution in [3.63, 3.8) is 0 Å². The van der Waals surface area contributed by atoms with Crippen LogP contribution in [0.4, 0.5) is 0 Å². The van der Waals surface area contributed by atoms with Gasteiger partial charge < -0.3 is 14.4 Å². The number of carboxylic acids is 1. The van der Waals surface area contributed by atoms with Gasteiger partial charge in [0, 0.05) is 17.2 Å². The molecule has 0 bridgehead atoms. The van der Waals surface area contributed by atoms with Crippen LogP contribution in [-0.4, -0.2) is 39.2 Å². The quantitative estimate of drug-likeness (QED) is 0.186. The smallest absolute Gasteiger partial charge is 0.478 e. The molecule has 1 saturated heterocycles. The minimum Gasteiger partial charge on any atom is -0.478 e. The number of carbonyl (C=O) groups is 1. The minimum atomic E-state index is -0.977. The zero-order valence-electron chi connectivity index (χ0n) is 24.2. The molecular weight excluding hydrogens is 523 g/mol. The molecule has 5 aromatic rings. The van der Waals surface area contributed by atoms with Gasteiger partial charge in [-0.15, -0.1) is 0 Å². The molecule has 210 valence electrons. The monoisotopic (exact) mass is 556 g/mol. The van der Waals surface area contributed by atoms with E-state index in [4.69, 9.17) is 14.4 Å². The van der Waals surface area contributed by atoms with Crippen molar-refractivity contribution < 1.29 is 19.2 Å². The molecule has 2 heterocycles. The maximum atomic E-state index is 11.6. The van der Waals surface area contributed by atoms with Gasteiger partial charge in [0.15, 0.2) is 0 Å². The molecule has 42 heavy (non-hydrogen) atoms. The number of hydrogen-bond donors (Lipinski definition) is 1. The standard InChI is InChI=1S/C35H33BN2O4/c1-33(2)34(3,4)42-36(41-33)30-24-38(37-31(30)25-20-22-26(23-21-25)32(39)40)35(27-14-8-5-9-15-27,28-16-10-6-11-17-28)29-18-12-7-13-19-29/h5-24H,1-4H3,(H,39,40). The summed E-state index contributed by atoms with van der Waals surface area (Å²) in [5.41, 5.74) is 3.59. The Labute approximate surface area is 246 Å². The molecular formula is C35H33BN2O4. The summed E-state index contributed by atoms with van der Waals surface area (Å²) >= 11 is 0. The van der Waals surface area contributed by atoms with E-state index in [1.807, 2.05) is 93.2 Å². The van der Waals surface area contributed by atoms with Gasteiger partial charge in [-0.2, -0.15) is 5.10 Å². The zero-order valence-corrected chi connectivity index (χ0v) is 24.2. The molecule has 6 rings (SSSR count). The first kappa shape index (κ1) is 27.7. The molecule has 0 spiro atoms. The van der Waals surface area contributed by atoms with Crippen LogP contribution < -0.4 is 5.46 Å². The third-order valence-corrected chi connectivity index (χ3v) is 8.57. The van der Waals surface area contributed by atoms with E-state index < -0.39 is 29.8 Å². The lowest BCUT2D eigenvalue weighted by atomic mass is 9.76. The average molecular weight is 556 g/mol. The van der Waals surface area contributed by atoms with E-state index >= 15 is 0 Å². The lowest BCUT2D eigenvalue weighted by Crippen LogP contribution is -2.41. The molecule has 4 aromatic carbocycles. The summed E-state index contributed by atoms with van der Waals surface area (Å²) in [4.78, 5) is 11.6. The van der Waals surface area contributed by atoms with Crippen molar-refractivity contribution in [1.29, 1.82) is 0 Å². The first-order valence-corrected chi connectivity index (χ1v) is 14.1. The van der Waals surface area contributed by atoms with Gasteiger partial charge in [-0.25, -0.2) is 4.79 Å². The van der Waals surface area contributed by atoms with E-state index in [-0.39, 0.29) is 5.56 Å². The fourth-order valence-electron chi connectivity index (χ4n) is 5.63. The number of carboxylic acid groups (broad SMARTS) is 1. The van der Waals surface area contributed by atoms with Crippen LogP contribution >= 0.6 is 0 Å². The summed E-state index contributed by atoms with van der Waals surface area (Å²) in [6, 6.07) is 37.8. The molecule has 0 aliphatic carbocycles. The van der Waals surface area contributed by atoms with E-state index in [1.54, 1.807) is 24.3 Å². The van der Waals surface area contributed by atoms with E-state index in [0.717, 1.165) is 27.7 Å². The SMILES string of the molecule is CC1(C)OB(c2cn(C(c3ccccc3)(c3ccccc3)c3ccccc3)nc2-c2ccc(C(=O)O)cc2)OC1(C)C. The highest BCUT2D eigenvalue weighted by atomic mass is 16.7. The van der Waals surface area contributed by atoms with E-state index in [2.05, 4.69) is 36.4 Å². The summed E-state index contributed by atoms with van der Waals surface area (Å²) in [5.74, 6) is -0.977. The van der Waals surface area contributed by atoms with Gasteiger partial charge in [-0.3, -0.25) is 4.68 Å². The summed E-state index contributed by atoms with van der Waals surface area (Å²) in [7, 11) is -0.682. The van der Waals surface area contributed by atoms with Crippen LogP contribution in [0.25, 0.3) is 11.3 Å². The second-order valence-corrected chi connectivity index (χ2v) is 11.7. The molecule has 1 aromatic heterocycles. The molecule has 1 aliphatic rings. The first-order chi connectivity index (χ1) is 20.1. The predicted molar refractivity (Wildman–Crippen MR) is 165 cm³/mol. The summed E-state index contributed by atoms with van der Waals surface area (Å²) in [5, 5.41) is 14.8. The van der Waals surface area contributed by atoms with Crippen molar-refractivity contribution >= 4 is 18.6 Å². The number of aromatic nitrogens is 2. The second kappa shape index (κ2) is 10.4. The molecule has 1 fully saturated rings.